The highest BCUT2D eigenvalue weighted by molar-refractivity contribution is 7.92. The largest absolute Gasteiger partial charge is 0.354 e. The summed E-state index contributed by atoms with van der Waals surface area (Å²) in [6, 6.07) is 17.3. The molecule has 1 N–H and O–H groups in total. The van der Waals surface area contributed by atoms with Gasteiger partial charge in [0.2, 0.25) is 11.8 Å². The van der Waals surface area contributed by atoms with Gasteiger partial charge >= 0.3 is 0 Å². The Hall–Kier alpha value is -3.43. The summed E-state index contributed by atoms with van der Waals surface area (Å²) in [6.07, 6.45) is 0.294. The number of anilines is 1. The lowest BCUT2D eigenvalue weighted by molar-refractivity contribution is -0.140. The first-order valence-corrected chi connectivity index (χ1v) is 14.9. The Morgan fingerprint density at radius 3 is 2.23 bits per heavy atom. The van der Waals surface area contributed by atoms with Crippen LogP contribution in [0.1, 0.15) is 38.3 Å². The van der Waals surface area contributed by atoms with Crippen LogP contribution in [0.2, 0.25) is 5.02 Å². The number of amides is 2. The molecule has 7 nitrogen and oxygen atoms in total. The van der Waals surface area contributed by atoms with Crippen LogP contribution in [0.25, 0.3) is 0 Å². The molecule has 0 bridgehead atoms. The van der Waals surface area contributed by atoms with Gasteiger partial charge in [0.25, 0.3) is 10.0 Å². The number of carbonyl (C=O) groups is 2. The van der Waals surface area contributed by atoms with E-state index in [9.17, 15) is 22.4 Å². The van der Waals surface area contributed by atoms with Gasteiger partial charge in [-0.2, -0.15) is 0 Å². The van der Waals surface area contributed by atoms with E-state index >= 15 is 0 Å². The van der Waals surface area contributed by atoms with Crippen LogP contribution in [0.5, 0.6) is 0 Å². The summed E-state index contributed by atoms with van der Waals surface area (Å²) in [6.45, 7) is 7.27. The second-order valence-electron chi connectivity index (χ2n) is 9.97. The number of nitrogens with one attached hydrogen (secondary N) is 1. The molecule has 3 rings (SSSR count). The molecule has 214 valence electrons. The molecule has 0 aliphatic carbocycles. The number of carbonyl (C=O) groups excluding carboxylic acids is 2. The van der Waals surface area contributed by atoms with E-state index in [0.29, 0.717) is 34.8 Å². The Labute approximate surface area is 241 Å². The van der Waals surface area contributed by atoms with Crippen molar-refractivity contribution in [2.24, 2.45) is 5.92 Å². The van der Waals surface area contributed by atoms with Crippen molar-refractivity contribution in [2.45, 2.75) is 51.6 Å². The fourth-order valence-electron chi connectivity index (χ4n) is 4.26. The van der Waals surface area contributed by atoms with Crippen molar-refractivity contribution in [3.8, 4) is 0 Å². The summed E-state index contributed by atoms with van der Waals surface area (Å²) in [5.74, 6) is -1.15. The molecule has 0 spiro atoms. The van der Waals surface area contributed by atoms with Gasteiger partial charge in [0, 0.05) is 18.1 Å². The van der Waals surface area contributed by atoms with Crippen LogP contribution in [0.15, 0.2) is 77.7 Å². The van der Waals surface area contributed by atoms with Gasteiger partial charge in [-0.05, 0) is 72.9 Å². The maximum Gasteiger partial charge on any atom is 0.264 e. The highest BCUT2D eigenvalue weighted by Crippen LogP contribution is 2.29. The zero-order valence-corrected chi connectivity index (χ0v) is 24.7. The van der Waals surface area contributed by atoms with Gasteiger partial charge in [-0.1, -0.05) is 62.7 Å². The van der Waals surface area contributed by atoms with Crippen molar-refractivity contribution >= 4 is 39.1 Å². The van der Waals surface area contributed by atoms with E-state index in [1.807, 2.05) is 13.8 Å². The molecule has 3 aromatic rings. The van der Waals surface area contributed by atoms with Crippen molar-refractivity contribution in [1.82, 2.24) is 10.2 Å². The third-order valence-electron chi connectivity index (χ3n) is 6.37. The summed E-state index contributed by atoms with van der Waals surface area (Å²) in [5.41, 5.74) is 1.46. The number of benzene rings is 3. The van der Waals surface area contributed by atoms with E-state index in [0.717, 1.165) is 4.31 Å². The lowest BCUT2D eigenvalue weighted by Crippen LogP contribution is -2.52. The number of halogens is 2. The molecule has 10 heteroatoms. The topological polar surface area (TPSA) is 86.8 Å². The predicted molar refractivity (Wildman–Crippen MR) is 156 cm³/mol. The van der Waals surface area contributed by atoms with Gasteiger partial charge in [-0.15, -0.1) is 0 Å². The van der Waals surface area contributed by atoms with Gasteiger partial charge in [-0.25, -0.2) is 12.8 Å². The second kappa shape index (κ2) is 13.8. The Bertz CT molecular complexity index is 1420. The molecule has 1 atom stereocenters. The van der Waals surface area contributed by atoms with Gasteiger partial charge in [0.1, 0.15) is 18.4 Å². The second-order valence-corrected chi connectivity index (χ2v) is 12.3. The van der Waals surface area contributed by atoms with Crippen molar-refractivity contribution < 1.29 is 22.4 Å². The molecule has 3 aromatic carbocycles. The normalized spacial score (nSPS) is 12.2. The molecule has 2 amide bonds. The first-order valence-electron chi connectivity index (χ1n) is 13.1. The lowest BCUT2D eigenvalue weighted by Gasteiger charge is -2.33. The third-order valence-corrected chi connectivity index (χ3v) is 8.38. The minimum atomic E-state index is -4.18. The van der Waals surface area contributed by atoms with Crippen LogP contribution in [0, 0.1) is 18.7 Å². The molecule has 0 aromatic heterocycles. The van der Waals surface area contributed by atoms with Crippen molar-refractivity contribution in [1.29, 1.82) is 0 Å². The average molecular weight is 588 g/mol. The molecule has 0 heterocycles. The Morgan fingerprint density at radius 2 is 1.65 bits per heavy atom. The number of rotatable bonds is 12. The molecule has 0 radical (unpaired) electrons. The van der Waals surface area contributed by atoms with Crippen LogP contribution >= 0.6 is 11.6 Å². The molecule has 0 fully saturated rings. The highest BCUT2D eigenvalue weighted by atomic mass is 35.5. The summed E-state index contributed by atoms with van der Waals surface area (Å²) < 4.78 is 42.4. The number of nitrogens with zero attached hydrogens (tertiary/aromatic N) is 2. The first-order chi connectivity index (χ1) is 18.9. The zero-order valence-electron chi connectivity index (χ0n) is 23.1. The fourth-order valence-corrected chi connectivity index (χ4v) is 5.99. The Balaban J connectivity index is 2.06. The molecule has 0 saturated heterocycles. The standard InChI is InChI=1S/C30H35ClFN3O4S/c1-5-27(30(37)33-18-21(2)3)34(19-23-11-14-25(32)15-12-23)29(36)20-35(28-16-13-24(31)17-22(28)4)40(38,39)26-9-7-6-8-10-26/h6-17,21,27H,5,18-20H2,1-4H3,(H,33,37)/t27-/m1/s1. The van der Waals surface area contributed by atoms with Crippen molar-refractivity contribution in [3.05, 3.63) is 94.8 Å². The number of sulfonamides is 1. The van der Waals surface area contributed by atoms with Crippen LogP contribution in [-0.2, 0) is 26.2 Å². The molecule has 40 heavy (non-hydrogen) atoms. The number of aryl methyl sites for hydroxylation is 1. The van der Waals surface area contributed by atoms with Crippen LogP contribution < -0.4 is 9.62 Å². The quantitative estimate of drug-likeness (QED) is 0.300. The molecule has 0 saturated carbocycles. The number of hydrogen-bond acceptors (Lipinski definition) is 4. The van der Waals surface area contributed by atoms with Crippen molar-refractivity contribution in [2.75, 3.05) is 17.4 Å². The number of hydrogen-bond donors (Lipinski definition) is 1. The van der Waals surface area contributed by atoms with Crippen LogP contribution in [0.3, 0.4) is 0 Å². The van der Waals surface area contributed by atoms with Crippen LogP contribution in [-0.4, -0.2) is 44.3 Å². The van der Waals surface area contributed by atoms with E-state index in [4.69, 9.17) is 11.6 Å². The van der Waals surface area contributed by atoms with E-state index in [-0.39, 0.29) is 23.3 Å². The predicted octanol–water partition coefficient (Wildman–Crippen LogP) is 5.56. The molecular formula is C30H35ClFN3O4S. The maximum absolute atomic E-state index is 14.0. The first kappa shape index (κ1) is 31.1. The monoisotopic (exact) mass is 587 g/mol. The van der Waals surface area contributed by atoms with Crippen LogP contribution in [0.4, 0.5) is 10.1 Å². The summed E-state index contributed by atoms with van der Waals surface area (Å²) >= 11 is 6.14. The SMILES string of the molecule is CC[C@H](C(=O)NCC(C)C)N(Cc1ccc(F)cc1)C(=O)CN(c1ccc(Cl)cc1C)S(=O)(=O)c1ccccc1. The Kier molecular flexibility index (Phi) is 10.7. The third kappa shape index (κ3) is 7.82. The van der Waals surface area contributed by atoms with E-state index in [1.165, 1.54) is 41.3 Å². The van der Waals surface area contributed by atoms with E-state index in [1.54, 1.807) is 50.2 Å². The van der Waals surface area contributed by atoms with Gasteiger partial charge < -0.3 is 10.2 Å². The Morgan fingerprint density at radius 1 is 1.00 bits per heavy atom. The van der Waals surface area contributed by atoms with Crippen molar-refractivity contribution in [3.63, 3.8) is 0 Å². The lowest BCUT2D eigenvalue weighted by atomic mass is 10.1. The smallest absolute Gasteiger partial charge is 0.264 e. The molecular weight excluding hydrogens is 553 g/mol. The minimum Gasteiger partial charge on any atom is -0.354 e. The summed E-state index contributed by atoms with van der Waals surface area (Å²) in [4.78, 5) is 28.6. The highest BCUT2D eigenvalue weighted by Gasteiger charge is 2.34. The van der Waals surface area contributed by atoms with Gasteiger partial charge in [0.15, 0.2) is 0 Å². The van der Waals surface area contributed by atoms with E-state index in [2.05, 4.69) is 5.32 Å². The van der Waals surface area contributed by atoms with E-state index < -0.39 is 34.3 Å². The fraction of sp³-hybridized carbons (Fsp3) is 0.333. The summed E-state index contributed by atoms with van der Waals surface area (Å²) in [7, 11) is -4.18. The van der Waals surface area contributed by atoms with Gasteiger partial charge in [-0.3, -0.25) is 13.9 Å². The molecule has 0 unspecified atom stereocenters. The van der Waals surface area contributed by atoms with Gasteiger partial charge in [0.05, 0.1) is 10.6 Å². The average Bonchev–Trinajstić information content (AvgIpc) is 2.92. The zero-order chi connectivity index (χ0) is 29.4. The molecule has 0 aliphatic rings. The summed E-state index contributed by atoms with van der Waals surface area (Å²) in [5, 5.41) is 3.31. The maximum atomic E-state index is 14.0. The minimum absolute atomic E-state index is 0.00839. The molecule has 0 aliphatic heterocycles.